The molecule has 2 aromatic heterocycles. The minimum absolute atomic E-state index is 0.0830. The molecular weight excluding hydrogens is 352 g/mol. The van der Waals surface area contributed by atoms with Crippen molar-refractivity contribution in [3.63, 3.8) is 0 Å². The Bertz CT molecular complexity index is 925. The minimum Gasteiger partial charge on any atom is -0.481 e. The Morgan fingerprint density at radius 2 is 1.86 bits per heavy atom. The normalized spacial score (nSPS) is 11.4. The Balaban J connectivity index is 1.91. The van der Waals surface area contributed by atoms with E-state index in [4.69, 9.17) is 10.2 Å². The van der Waals surface area contributed by atoms with Crippen LogP contribution in [0.4, 0.5) is 5.82 Å². The number of hydrogen-bond donors (Lipinski definition) is 2. The van der Waals surface area contributed by atoms with Gasteiger partial charge in [0.1, 0.15) is 11.5 Å². The summed E-state index contributed by atoms with van der Waals surface area (Å²) in [4.78, 5) is 15.1. The van der Waals surface area contributed by atoms with E-state index in [1.54, 1.807) is 6.20 Å². The molecular formula is C22H26N4O2. The smallest absolute Gasteiger partial charge is 0.303 e. The van der Waals surface area contributed by atoms with Crippen molar-refractivity contribution < 1.29 is 9.90 Å². The molecule has 0 fully saturated rings. The van der Waals surface area contributed by atoms with Crippen LogP contribution >= 0.6 is 0 Å². The van der Waals surface area contributed by atoms with Crippen LogP contribution in [0.2, 0.25) is 0 Å². The maximum absolute atomic E-state index is 10.7. The molecule has 0 aliphatic rings. The third kappa shape index (κ3) is 4.76. The molecule has 3 rings (SSSR count). The van der Waals surface area contributed by atoms with Gasteiger partial charge in [0.15, 0.2) is 0 Å². The van der Waals surface area contributed by atoms with Crippen LogP contribution in [0.5, 0.6) is 0 Å². The van der Waals surface area contributed by atoms with Gasteiger partial charge in [-0.1, -0.05) is 39.0 Å². The zero-order valence-corrected chi connectivity index (χ0v) is 16.5. The molecule has 6 nitrogen and oxygen atoms in total. The SMILES string of the molecule is CC(C)(C)c1ccc(-n2nc(-c3ccccn3)cc2NCCCC(=O)O)cc1. The molecule has 0 saturated heterocycles. The fourth-order valence-corrected chi connectivity index (χ4v) is 2.90. The lowest BCUT2D eigenvalue weighted by molar-refractivity contribution is -0.137. The second-order valence-corrected chi connectivity index (χ2v) is 7.76. The molecule has 0 unspecified atom stereocenters. The molecule has 0 spiro atoms. The maximum atomic E-state index is 10.7. The van der Waals surface area contributed by atoms with Crippen LogP contribution in [0, 0.1) is 0 Å². The van der Waals surface area contributed by atoms with Crippen molar-refractivity contribution in [2.45, 2.75) is 39.0 Å². The van der Waals surface area contributed by atoms with Gasteiger partial charge in [0.25, 0.3) is 0 Å². The summed E-state index contributed by atoms with van der Waals surface area (Å²) in [5, 5.41) is 16.9. The van der Waals surface area contributed by atoms with Gasteiger partial charge in [-0.25, -0.2) is 4.68 Å². The van der Waals surface area contributed by atoms with E-state index in [-0.39, 0.29) is 11.8 Å². The van der Waals surface area contributed by atoms with Crippen LogP contribution in [0.1, 0.15) is 39.2 Å². The number of carboxylic acid groups (broad SMARTS) is 1. The molecule has 6 heteroatoms. The van der Waals surface area contributed by atoms with E-state index in [1.165, 1.54) is 5.56 Å². The van der Waals surface area contributed by atoms with Crippen LogP contribution in [-0.2, 0) is 10.2 Å². The molecule has 0 bridgehead atoms. The van der Waals surface area contributed by atoms with Gasteiger partial charge < -0.3 is 10.4 Å². The van der Waals surface area contributed by atoms with Gasteiger partial charge in [-0.15, -0.1) is 0 Å². The van der Waals surface area contributed by atoms with E-state index < -0.39 is 5.97 Å². The first-order chi connectivity index (χ1) is 13.3. The number of aromatic nitrogens is 3. The third-order valence-electron chi connectivity index (χ3n) is 4.49. The van der Waals surface area contributed by atoms with Gasteiger partial charge in [-0.2, -0.15) is 5.10 Å². The molecule has 3 aromatic rings. The second kappa shape index (κ2) is 8.25. The number of aliphatic carboxylic acids is 1. The Kier molecular flexibility index (Phi) is 5.78. The molecule has 0 aliphatic heterocycles. The Morgan fingerprint density at radius 3 is 2.46 bits per heavy atom. The first-order valence-electron chi connectivity index (χ1n) is 9.42. The summed E-state index contributed by atoms with van der Waals surface area (Å²) in [6, 6.07) is 16.0. The summed E-state index contributed by atoms with van der Waals surface area (Å²) < 4.78 is 1.84. The highest BCUT2D eigenvalue weighted by atomic mass is 16.4. The van der Waals surface area contributed by atoms with Gasteiger partial charge in [-0.3, -0.25) is 9.78 Å². The summed E-state index contributed by atoms with van der Waals surface area (Å²) in [5.74, 6) is 0.0248. The number of nitrogens with one attached hydrogen (secondary N) is 1. The van der Waals surface area contributed by atoms with Crippen molar-refractivity contribution in [2.75, 3.05) is 11.9 Å². The molecule has 28 heavy (non-hydrogen) atoms. The second-order valence-electron chi connectivity index (χ2n) is 7.76. The number of carbonyl (C=O) groups is 1. The summed E-state index contributed by atoms with van der Waals surface area (Å²) in [7, 11) is 0. The molecule has 2 N–H and O–H groups in total. The Labute approximate surface area is 165 Å². The van der Waals surface area contributed by atoms with Crippen LogP contribution in [0.3, 0.4) is 0 Å². The molecule has 0 radical (unpaired) electrons. The van der Waals surface area contributed by atoms with Crippen molar-refractivity contribution in [3.8, 4) is 17.1 Å². The van der Waals surface area contributed by atoms with Crippen LogP contribution in [0.25, 0.3) is 17.1 Å². The average Bonchev–Trinajstić information content (AvgIpc) is 3.09. The standard InChI is InChI=1S/C22H26N4O2/c1-22(2,3)16-9-11-17(12-10-16)26-20(24-14-6-8-21(27)28)15-19(25-26)18-7-4-5-13-23-18/h4-5,7,9-13,15,24H,6,8,14H2,1-3H3,(H,27,28). The molecule has 0 aliphatic carbocycles. The molecule has 2 heterocycles. The summed E-state index contributed by atoms with van der Waals surface area (Å²) >= 11 is 0. The van der Waals surface area contributed by atoms with E-state index in [2.05, 4.69) is 55.3 Å². The Morgan fingerprint density at radius 1 is 1.11 bits per heavy atom. The zero-order valence-electron chi connectivity index (χ0n) is 16.5. The predicted octanol–water partition coefficient (Wildman–Crippen LogP) is 4.51. The van der Waals surface area contributed by atoms with Gasteiger partial charge >= 0.3 is 5.97 Å². The van der Waals surface area contributed by atoms with E-state index in [0.717, 1.165) is 22.9 Å². The largest absolute Gasteiger partial charge is 0.481 e. The summed E-state index contributed by atoms with van der Waals surface area (Å²) in [6.45, 7) is 7.11. The Hall–Kier alpha value is -3.15. The lowest BCUT2D eigenvalue weighted by Gasteiger charge is -2.19. The average molecular weight is 378 g/mol. The van der Waals surface area contributed by atoms with E-state index in [0.29, 0.717) is 13.0 Å². The first kappa shape index (κ1) is 19.6. The van der Waals surface area contributed by atoms with Crippen molar-refractivity contribution in [2.24, 2.45) is 0 Å². The van der Waals surface area contributed by atoms with Crippen LogP contribution < -0.4 is 5.32 Å². The minimum atomic E-state index is -0.790. The first-order valence-corrected chi connectivity index (χ1v) is 9.42. The fraction of sp³-hybridized carbons (Fsp3) is 0.318. The summed E-state index contributed by atoms with van der Waals surface area (Å²) in [6.07, 6.45) is 2.42. The van der Waals surface area contributed by atoms with E-state index in [1.807, 2.05) is 28.9 Å². The fourth-order valence-electron chi connectivity index (χ4n) is 2.90. The van der Waals surface area contributed by atoms with Crippen molar-refractivity contribution >= 4 is 11.8 Å². The highest BCUT2D eigenvalue weighted by Crippen LogP contribution is 2.26. The number of pyridine rings is 1. The number of rotatable bonds is 7. The van der Waals surface area contributed by atoms with Crippen molar-refractivity contribution in [1.82, 2.24) is 14.8 Å². The molecule has 0 atom stereocenters. The zero-order chi connectivity index (χ0) is 20.1. The lowest BCUT2D eigenvalue weighted by atomic mass is 9.87. The van der Waals surface area contributed by atoms with Gasteiger partial charge in [0.05, 0.1) is 11.4 Å². The number of carboxylic acids is 1. The van der Waals surface area contributed by atoms with Crippen LogP contribution in [-0.4, -0.2) is 32.4 Å². The van der Waals surface area contributed by atoms with Crippen molar-refractivity contribution in [3.05, 3.63) is 60.3 Å². The van der Waals surface area contributed by atoms with Gasteiger partial charge in [-0.05, 0) is 41.7 Å². The highest BCUT2D eigenvalue weighted by molar-refractivity contribution is 5.66. The number of benzene rings is 1. The summed E-state index contributed by atoms with van der Waals surface area (Å²) in [5.41, 5.74) is 3.84. The monoisotopic (exact) mass is 378 g/mol. The molecule has 146 valence electrons. The predicted molar refractivity (Wildman–Crippen MR) is 111 cm³/mol. The topological polar surface area (TPSA) is 80.0 Å². The van der Waals surface area contributed by atoms with E-state index in [9.17, 15) is 4.79 Å². The van der Waals surface area contributed by atoms with Gasteiger partial charge in [0.2, 0.25) is 0 Å². The number of hydrogen-bond acceptors (Lipinski definition) is 4. The number of anilines is 1. The third-order valence-corrected chi connectivity index (χ3v) is 4.49. The molecule has 0 saturated carbocycles. The maximum Gasteiger partial charge on any atom is 0.303 e. The molecule has 0 amide bonds. The van der Waals surface area contributed by atoms with Crippen molar-refractivity contribution in [1.29, 1.82) is 0 Å². The van der Waals surface area contributed by atoms with E-state index >= 15 is 0 Å². The highest BCUT2D eigenvalue weighted by Gasteiger charge is 2.15. The number of nitrogens with zero attached hydrogens (tertiary/aromatic N) is 3. The van der Waals surface area contributed by atoms with Crippen LogP contribution in [0.15, 0.2) is 54.7 Å². The molecule has 1 aromatic carbocycles. The quantitative estimate of drug-likeness (QED) is 0.591. The lowest BCUT2D eigenvalue weighted by Crippen LogP contribution is -2.12. The van der Waals surface area contributed by atoms with Gasteiger partial charge in [0, 0.05) is 25.2 Å².